The summed E-state index contributed by atoms with van der Waals surface area (Å²) in [6, 6.07) is 9.39. The number of amides is 1. The molecule has 34 heavy (non-hydrogen) atoms. The molecule has 1 aliphatic heterocycles. The number of hydrogen-bond donors (Lipinski definition) is 1. The van der Waals surface area contributed by atoms with E-state index in [0.29, 0.717) is 17.1 Å². The number of ketones is 1. The zero-order chi connectivity index (χ0) is 24.4. The molecule has 8 heteroatoms. The second kappa shape index (κ2) is 9.97. The zero-order valence-electron chi connectivity index (χ0n) is 19.5. The van der Waals surface area contributed by atoms with Gasteiger partial charge < -0.3 is 24.2 Å². The van der Waals surface area contributed by atoms with Gasteiger partial charge in [-0.1, -0.05) is 43.0 Å². The van der Waals surface area contributed by atoms with Crippen molar-refractivity contribution in [2.75, 3.05) is 21.3 Å². The van der Waals surface area contributed by atoms with Crippen molar-refractivity contribution >= 4 is 29.1 Å². The number of ether oxygens (including phenoxy) is 3. The van der Waals surface area contributed by atoms with Gasteiger partial charge in [-0.25, -0.2) is 0 Å². The molecule has 2 aliphatic rings. The van der Waals surface area contributed by atoms with Gasteiger partial charge in [-0.15, -0.1) is 0 Å². The first-order valence-corrected chi connectivity index (χ1v) is 11.6. The van der Waals surface area contributed by atoms with Gasteiger partial charge in [0.05, 0.1) is 43.5 Å². The van der Waals surface area contributed by atoms with E-state index < -0.39 is 17.7 Å². The fourth-order valence-corrected chi connectivity index (χ4v) is 5.16. The molecule has 0 bridgehead atoms. The Morgan fingerprint density at radius 2 is 1.68 bits per heavy atom. The number of nitrogens with zero attached hydrogens (tertiary/aromatic N) is 1. The van der Waals surface area contributed by atoms with Crippen molar-refractivity contribution < 1.29 is 28.9 Å². The first-order chi connectivity index (χ1) is 16.4. The number of halogens is 1. The van der Waals surface area contributed by atoms with Gasteiger partial charge in [-0.05, 0) is 36.6 Å². The van der Waals surface area contributed by atoms with Gasteiger partial charge in [0, 0.05) is 12.1 Å². The fraction of sp³-hybridized carbons (Fsp3) is 0.385. The highest BCUT2D eigenvalue weighted by molar-refractivity contribution is 6.46. The lowest BCUT2D eigenvalue weighted by molar-refractivity contribution is -0.141. The van der Waals surface area contributed by atoms with Crippen molar-refractivity contribution in [2.45, 2.75) is 44.2 Å². The summed E-state index contributed by atoms with van der Waals surface area (Å²) in [6.07, 6.45) is 4.70. The van der Waals surface area contributed by atoms with Gasteiger partial charge in [0.1, 0.15) is 23.0 Å². The molecular formula is C26H28ClNO6. The average molecular weight is 486 g/mol. The maximum Gasteiger partial charge on any atom is 0.295 e. The lowest BCUT2D eigenvalue weighted by Crippen LogP contribution is -2.40. The maximum atomic E-state index is 13.4. The van der Waals surface area contributed by atoms with Crippen LogP contribution < -0.4 is 14.2 Å². The van der Waals surface area contributed by atoms with E-state index in [2.05, 4.69) is 0 Å². The number of aliphatic hydroxyl groups excluding tert-OH is 1. The molecule has 4 rings (SSSR count). The Morgan fingerprint density at radius 1 is 0.971 bits per heavy atom. The second-order valence-electron chi connectivity index (χ2n) is 8.46. The summed E-state index contributed by atoms with van der Waals surface area (Å²) >= 11 is 6.32. The van der Waals surface area contributed by atoms with Crippen LogP contribution in [0.5, 0.6) is 17.2 Å². The summed E-state index contributed by atoms with van der Waals surface area (Å²) in [7, 11) is 4.47. The Bertz CT molecular complexity index is 1140. The van der Waals surface area contributed by atoms with Crippen molar-refractivity contribution in [3.63, 3.8) is 0 Å². The first-order valence-electron chi connectivity index (χ1n) is 11.3. The Labute approximate surface area is 203 Å². The number of methoxy groups -OCH3 is 3. The Kier molecular flexibility index (Phi) is 7.03. The summed E-state index contributed by atoms with van der Waals surface area (Å²) in [5.41, 5.74) is 0.899. The molecule has 1 atom stereocenters. The van der Waals surface area contributed by atoms with Gasteiger partial charge in [0.15, 0.2) is 0 Å². The number of aliphatic hydroxyl groups is 1. The topological polar surface area (TPSA) is 85.3 Å². The Hall–Kier alpha value is -3.19. The van der Waals surface area contributed by atoms with Crippen LogP contribution in [-0.4, -0.2) is 49.1 Å². The molecule has 0 spiro atoms. The van der Waals surface area contributed by atoms with E-state index in [0.717, 1.165) is 32.1 Å². The molecule has 1 saturated carbocycles. The highest BCUT2D eigenvalue weighted by atomic mass is 35.5. The SMILES string of the molecule is COc1cccc(C2/C(=C(\O)c3cc(Cl)c(OC)cc3OC)C(=O)C(=O)N2C2CCCCC2)c1. The van der Waals surface area contributed by atoms with Crippen LogP contribution in [0.2, 0.25) is 5.02 Å². The smallest absolute Gasteiger partial charge is 0.295 e. The second-order valence-corrected chi connectivity index (χ2v) is 8.87. The third-order valence-corrected chi connectivity index (χ3v) is 6.88. The van der Waals surface area contributed by atoms with E-state index in [1.807, 2.05) is 6.07 Å². The molecule has 2 aromatic rings. The number of Topliss-reactive ketones (excluding diaryl/α,β-unsaturated/α-hetero) is 1. The predicted molar refractivity (Wildman–Crippen MR) is 129 cm³/mol. The average Bonchev–Trinajstić information content (AvgIpc) is 3.14. The van der Waals surface area contributed by atoms with E-state index in [1.54, 1.807) is 30.2 Å². The molecule has 1 saturated heterocycles. The molecule has 1 heterocycles. The molecular weight excluding hydrogens is 458 g/mol. The summed E-state index contributed by atoms with van der Waals surface area (Å²) in [5, 5.41) is 11.7. The monoisotopic (exact) mass is 485 g/mol. The number of likely N-dealkylation sites (tertiary alicyclic amines) is 1. The van der Waals surface area contributed by atoms with Gasteiger partial charge in [-0.3, -0.25) is 9.59 Å². The van der Waals surface area contributed by atoms with Crippen molar-refractivity contribution in [1.29, 1.82) is 0 Å². The van der Waals surface area contributed by atoms with E-state index in [-0.39, 0.29) is 33.7 Å². The van der Waals surface area contributed by atoms with Crippen LogP contribution in [-0.2, 0) is 9.59 Å². The number of carbonyl (C=O) groups is 2. The van der Waals surface area contributed by atoms with Crippen molar-refractivity contribution in [3.8, 4) is 17.2 Å². The maximum absolute atomic E-state index is 13.4. The van der Waals surface area contributed by atoms with E-state index in [9.17, 15) is 14.7 Å². The molecule has 0 aromatic heterocycles. The molecule has 0 radical (unpaired) electrons. The third-order valence-electron chi connectivity index (χ3n) is 6.59. The summed E-state index contributed by atoms with van der Waals surface area (Å²) in [4.78, 5) is 28.4. The standard InChI is InChI=1S/C26H28ClNO6/c1-32-17-11-7-8-15(12-17)23-22(25(30)26(31)28(23)16-9-5-4-6-10-16)24(29)18-13-19(27)21(34-3)14-20(18)33-2/h7-8,11-14,16,23,29H,4-6,9-10H2,1-3H3/b24-22+. The largest absolute Gasteiger partial charge is 0.507 e. The van der Waals surface area contributed by atoms with Crippen molar-refractivity contribution in [2.24, 2.45) is 0 Å². The molecule has 7 nitrogen and oxygen atoms in total. The van der Waals surface area contributed by atoms with Crippen LogP contribution in [0.25, 0.3) is 5.76 Å². The molecule has 1 unspecified atom stereocenters. The predicted octanol–water partition coefficient (Wildman–Crippen LogP) is 5.12. The zero-order valence-corrected chi connectivity index (χ0v) is 20.2. The summed E-state index contributed by atoms with van der Waals surface area (Å²) in [5.74, 6) is -0.457. The van der Waals surface area contributed by atoms with Crippen LogP contribution in [0.3, 0.4) is 0 Å². The molecule has 2 fully saturated rings. The van der Waals surface area contributed by atoms with Gasteiger partial charge in [0.25, 0.3) is 11.7 Å². The van der Waals surface area contributed by atoms with E-state index in [4.69, 9.17) is 25.8 Å². The van der Waals surface area contributed by atoms with Crippen LogP contribution in [0.1, 0.15) is 49.3 Å². The Balaban J connectivity index is 1.93. The van der Waals surface area contributed by atoms with Gasteiger partial charge in [0.2, 0.25) is 0 Å². The quantitative estimate of drug-likeness (QED) is 0.347. The highest BCUT2D eigenvalue weighted by Crippen LogP contribution is 2.45. The number of rotatable bonds is 6. The number of hydrogen-bond acceptors (Lipinski definition) is 6. The van der Waals surface area contributed by atoms with Crippen LogP contribution in [0, 0.1) is 0 Å². The number of carbonyl (C=O) groups excluding carboxylic acids is 2. The minimum atomic E-state index is -0.760. The van der Waals surface area contributed by atoms with Crippen LogP contribution >= 0.6 is 11.6 Å². The minimum Gasteiger partial charge on any atom is -0.507 e. The minimum absolute atomic E-state index is 0.00311. The first kappa shape index (κ1) is 24.0. The fourth-order valence-electron chi connectivity index (χ4n) is 4.91. The molecule has 180 valence electrons. The molecule has 1 N–H and O–H groups in total. The number of benzene rings is 2. The van der Waals surface area contributed by atoms with Gasteiger partial charge >= 0.3 is 0 Å². The lowest BCUT2D eigenvalue weighted by atomic mass is 9.90. The molecule has 1 amide bonds. The third kappa shape index (κ3) is 4.20. The molecule has 1 aliphatic carbocycles. The summed E-state index contributed by atoms with van der Waals surface area (Å²) < 4.78 is 16.1. The van der Waals surface area contributed by atoms with Crippen LogP contribution in [0.15, 0.2) is 42.0 Å². The van der Waals surface area contributed by atoms with Crippen molar-refractivity contribution in [1.82, 2.24) is 4.90 Å². The van der Waals surface area contributed by atoms with Crippen LogP contribution in [0.4, 0.5) is 0 Å². The van der Waals surface area contributed by atoms with E-state index in [1.165, 1.54) is 26.4 Å². The highest BCUT2D eigenvalue weighted by Gasteiger charge is 2.49. The summed E-state index contributed by atoms with van der Waals surface area (Å²) in [6.45, 7) is 0. The van der Waals surface area contributed by atoms with E-state index >= 15 is 0 Å². The normalized spacial score (nSPS) is 20.5. The molecule has 2 aromatic carbocycles. The van der Waals surface area contributed by atoms with Gasteiger partial charge in [-0.2, -0.15) is 0 Å². The van der Waals surface area contributed by atoms with Crippen molar-refractivity contribution in [3.05, 3.63) is 58.1 Å². The lowest BCUT2D eigenvalue weighted by Gasteiger charge is -2.35. The Morgan fingerprint density at radius 3 is 2.32 bits per heavy atom.